The summed E-state index contributed by atoms with van der Waals surface area (Å²) in [7, 11) is 1.90. The molecule has 4 nitrogen and oxygen atoms in total. The molecule has 1 aromatic heterocycles. The molecular formula is C11H14N4S. The minimum Gasteiger partial charge on any atom is -0.378 e. The lowest BCUT2D eigenvalue weighted by atomic mass is 10.2. The van der Waals surface area contributed by atoms with Crippen LogP contribution in [0.15, 0.2) is 24.3 Å². The Morgan fingerprint density at radius 2 is 2.06 bits per heavy atom. The van der Waals surface area contributed by atoms with E-state index < -0.39 is 0 Å². The van der Waals surface area contributed by atoms with E-state index in [0.29, 0.717) is 11.3 Å². The van der Waals surface area contributed by atoms with E-state index >= 15 is 0 Å². The van der Waals surface area contributed by atoms with Gasteiger partial charge in [0.1, 0.15) is 0 Å². The van der Waals surface area contributed by atoms with E-state index in [1.807, 2.05) is 11.6 Å². The van der Waals surface area contributed by atoms with Gasteiger partial charge in [0.2, 0.25) is 0 Å². The molecule has 0 saturated carbocycles. The lowest BCUT2D eigenvalue weighted by Crippen LogP contribution is -2.05. The van der Waals surface area contributed by atoms with Crippen molar-refractivity contribution >= 4 is 17.9 Å². The van der Waals surface area contributed by atoms with Gasteiger partial charge in [-0.3, -0.25) is 5.10 Å². The van der Waals surface area contributed by atoms with Crippen molar-refractivity contribution in [3.63, 3.8) is 0 Å². The number of rotatable bonds is 3. The van der Waals surface area contributed by atoms with Crippen molar-refractivity contribution in [3.05, 3.63) is 40.4 Å². The summed E-state index contributed by atoms with van der Waals surface area (Å²) in [5, 5.41) is 10.2. The molecule has 0 aliphatic heterocycles. The second-order valence-corrected chi connectivity index (χ2v) is 4.11. The predicted molar refractivity (Wildman–Crippen MR) is 66.9 cm³/mol. The number of aromatic amines is 1. The van der Waals surface area contributed by atoms with E-state index in [-0.39, 0.29) is 0 Å². The SMILES string of the molecule is Cc1ccc(NCc2n[nH]c(=S)n2C)cc1. The molecule has 1 aromatic carbocycles. The zero-order chi connectivity index (χ0) is 11.5. The number of aryl methyl sites for hydroxylation is 1. The Kier molecular flexibility index (Phi) is 3.05. The standard InChI is InChI=1S/C11H14N4S/c1-8-3-5-9(6-4-8)12-7-10-13-14-11(16)15(10)2/h3-6,12H,7H2,1-2H3,(H,14,16). The molecule has 0 aliphatic carbocycles. The van der Waals surface area contributed by atoms with Crippen molar-refractivity contribution in [2.75, 3.05) is 5.32 Å². The molecule has 2 N–H and O–H groups in total. The largest absolute Gasteiger partial charge is 0.378 e. The average Bonchev–Trinajstić information content (AvgIpc) is 2.60. The zero-order valence-electron chi connectivity index (χ0n) is 9.32. The fourth-order valence-electron chi connectivity index (χ4n) is 1.39. The van der Waals surface area contributed by atoms with Gasteiger partial charge in [-0.2, -0.15) is 5.10 Å². The van der Waals surface area contributed by atoms with Crippen LogP contribution in [0.5, 0.6) is 0 Å². The topological polar surface area (TPSA) is 45.6 Å². The van der Waals surface area contributed by atoms with E-state index in [1.165, 1.54) is 5.56 Å². The zero-order valence-corrected chi connectivity index (χ0v) is 10.1. The summed E-state index contributed by atoms with van der Waals surface area (Å²) in [6.45, 7) is 2.73. The Balaban J connectivity index is 2.05. The van der Waals surface area contributed by atoms with Gasteiger partial charge in [0.25, 0.3) is 0 Å². The molecule has 0 saturated heterocycles. The first-order valence-electron chi connectivity index (χ1n) is 5.07. The van der Waals surface area contributed by atoms with Gasteiger partial charge in [-0.05, 0) is 31.3 Å². The van der Waals surface area contributed by atoms with Gasteiger partial charge in [0.15, 0.2) is 10.6 Å². The van der Waals surface area contributed by atoms with Crippen LogP contribution in [-0.2, 0) is 13.6 Å². The Hall–Kier alpha value is -1.62. The lowest BCUT2D eigenvalue weighted by molar-refractivity contribution is 0.805. The molecule has 84 valence electrons. The quantitative estimate of drug-likeness (QED) is 0.802. The molecule has 0 fully saturated rings. The number of hydrogen-bond acceptors (Lipinski definition) is 3. The van der Waals surface area contributed by atoms with Gasteiger partial charge < -0.3 is 9.88 Å². The van der Waals surface area contributed by atoms with Crippen molar-refractivity contribution in [1.82, 2.24) is 14.8 Å². The van der Waals surface area contributed by atoms with Gasteiger partial charge in [-0.25, -0.2) is 0 Å². The monoisotopic (exact) mass is 234 g/mol. The van der Waals surface area contributed by atoms with Crippen molar-refractivity contribution in [1.29, 1.82) is 0 Å². The van der Waals surface area contributed by atoms with Crippen LogP contribution in [0.4, 0.5) is 5.69 Å². The molecule has 5 heteroatoms. The van der Waals surface area contributed by atoms with E-state index in [2.05, 4.69) is 46.7 Å². The maximum Gasteiger partial charge on any atom is 0.194 e. The third kappa shape index (κ3) is 2.30. The fraction of sp³-hybridized carbons (Fsp3) is 0.273. The van der Waals surface area contributed by atoms with Gasteiger partial charge in [-0.1, -0.05) is 17.7 Å². The first-order chi connectivity index (χ1) is 7.66. The number of aromatic nitrogens is 3. The Morgan fingerprint density at radius 1 is 1.38 bits per heavy atom. The summed E-state index contributed by atoms with van der Waals surface area (Å²) in [6.07, 6.45) is 0. The normalized spacial score (nSPS) is 10.4. The highest BCUT2D eigenvalue weighted by molar-refractivity contribution is 7.71. The van der Waals surface area contributed by atoms with Crippen LogP contribution < -0.4 is 5.32 Å². The van der Waals surface area contributed by atoms with Gasteiger partial charge >= 0.3 is 0 Å². The first kappa shape index (κ1) is 10.9. The Bertz CT molecular complexity index is 524. The Morgan fingerprint density at radius 3 is 2.62 bits per heavy atom. The summed E-state index contributed by atoms with van der Waals surface area (Å²) < 4.78 is 2.50. The third-order valence-corrected chi connectivity index (χ3v) is 2.84. The van der Waals surface area contributed by atoms with Crippen molar-refractivity contribution in [2.45, 2.75) is 13.5 Å². The molecule has 0 bridgehead atoms. The number of hydrogen-bond donors (Lipinski definition) is 2. The highest BCUT2D eigenvalue weighted by Gasteiger charge is 2.01. The maximum absolute atomic E-state index is 5.04. The van der Waals surface area contributed by atoms with Crippen LogP contribution in [-0.4, -0.2) is 14.8 Å². The van der Waals surface area contributed by atoms with E-state index in [4.69, 9.17) is 12.2 Å². The van der Waals surface area contributed by atoms with Crippen LogP contribution >= 0.6 is 12.2 Å². The van der Waals surface area contributed by atoms with Crippen LogP contribution in [0.2, 0.25) is 0 Å². The van der Waals surface area contributed by atoms with Crippen LogP contribution in [0, 0.1) is 11.7 Å². The fourth-order valence-corrected chi connectivity index (χ4v) is 1.54. The molecule has 16 heavy (non-hydrogen) atoms. The first-order valence-corrected chi connectivity index (χ1v) is 5.48. The number of anilines is 1. The number of benzene rings is 1. The summed E-state index contributed by atoms with van der Waals surface area (Å²) >= 11 is 5.04. The number of nitrogens with zero attached hydrogens (tertiary/aromatic N) is 2. The molecule has 2 aromatic rings. The molecule has 0 spiro atoms. The van der Waals surface area contributed by atoms with Crippen LogP contribution in [0.3, 0.4) is 0 Å². The van der Waals surface area contributed by atoms with Crippen LogP contribution in [0.1, 0.15) is 11.4 Å². The molecule has 0 amide bonds. The maximum atomic E-state index is 5.04. The predicted octanol–water partition coefficient (Wildman–Crippen LogP) is 2.40. The molecule has 0 atom stereocenters. The van der Waals surface area contributed by atoms with Gasteiger partial charge in [0.05, 0.1) is 6.54 Å². The average molecular weight is 234 g/mol. The van der Waals surface area contributed by atoms with Crippen LogP contribution in [0.25, 0.3) is 0 Å². The van der Waals surface area contributed by atoms with Gasteiger partial charge in [-0.15, -0.1) is 0 Å². The van der Waals surface area contributed by atoms with Crippen molar-refractivity contribution < 1.29 is 0 Å². The molecular weight excluding hydrogens is 220 g/mol. The molecule has 2 rings (SSSR count). The number of H-pyrrole nitrogens is 1. The van der Waals surface area contributed by atoms with E-state index in [0.717, 1.165) is 11.5 Å². The van der Waals surface area contributed by atoms with Crippen molar-refractivity contribution in [3.8, 4) is 0 Å². The second kappa shape index (κ2) is 4.49. The highest BCUT2D eigenvalue weighted by atomic mass is 32.1. The highest BCUT2D eigenvalue weighted by Crippen LogP contribution is 2.09. The molecule has 0 unspecified atom stereocenters. The van der Waals surface area contributed by atoms with E-state index in [9.17, 15) is 0 Å². The number of nitrogens with one attached hydrogen (secondary N) is 2. The third-order valence-electron chi connectivity index (χ3n) is 2.47. The second-order valence-electron chi connectivity index (χ2n) is 3.72. The van der Waals surface area contributed by atoms with E-state index in [1.54, 1.807) is 0 Å². The summed E-state index contributed by atoms with van der Waals surface area (Å²) in [5.74, 6) is 0.894. The summed E-state index contributed by atoms with van der Waals surface area (Å²) in [5.41, 5.74) is 2.34. The smallest absolute Gasteiger partial charge is 0.194 e. The summed E-state index contributed by atoms with van der Waals surface area (Å²) in [4.78, 5) is 0. The molecule has 0 radical (unpaired) electrons. The summed E-state index contributed by atoms with van der Waals surface area (Å²) in [6, 6.07) is 8.25. The molecule has 0 aliphatic rings. The minimum atomic E-state index is 0.640. The lowest BCUT2D eigenvalue weighted by Gasteiger charge is -2.05. The Labute approximate surface area is 99.3 Å². The molecule has 1 heterocycles. The van der Waals surface area contributed by atoms with Crippen molar-refractivity contribution in [2.24, 2.45) is 7.05 Å². The minimum absolute atomic E-state index is 0.640. The van der Waals surface area contributed by atoms with Gasteiger partial charge in [0, 0.05) is 12.7 Å².